The lowest BCUT2D eigenvalue weighted by Crippen LogP contribution is -2.29. The highest BCUT2D eigenvalue weighted by Crippen LogP contribution is 2.25. The summed E-state index contributed by atoms with van der Waals surface area (Å²) in [6.07, 6.45) is 5.04. The number of aryl methyl sites for hydroxylation is 1. The Morgan fingerprint density at radius 1 is 1.24 bits per heavy atom. The maximum atomic E-state index is 12.1. The fraction of sp³-hybridized carbons (Fsp3) is 0.556. The van der Waals surface area contributed by atoms with Crippen LogP contribution in [-0.2, 0) is 21.1 Å². The fourth-order valence-electron chi connectivity index (χ4n) is 3.35. The van der Waals surface area contributed by atoms with Gasteiger partial charge in [-0.15, -0.1) is 0 Å². The number of carbonyl (C=O) groups is 1. The molecular weight excluding hydrogens is 338 g/mol. The predicted octanol–water partition coefficient (Wildman–Crippen LogP) is 2.36. The predicted molar refractivity (Wildman–Crippen MR) is 98.1 cm³/mol. The molecule has 2 aromatic rings. The Labute approximate surface area is 148 Å². The van der Waals surface area contributed by atoms with E-state index in [1.807, 2.05) is 24.3 Å². The summed E-state index contributed by atoms with van der Waals surface area (Å²) in [7, 11) is -3.12. The summed E-state index contributed by atoms with van der Waals surface area (Å²) in [5.74, 6) is 0.679. The van der Waals surface area contributed by atoms with Crippen LogP contribution in [0.5, 0.6) is 0 Å². The number of nitrogens with zero attached hydrogens (tertiary/aromatic N) is 1. The molecule has 0 saturated heterocycles. The van der Waals surface area contributed by atoms with Gasteiger partial charge in [0.15, 0.2) is 9.84 Å². The van der Waals surface area contributed by atoms with Gasteiger partial charge in [-0.1, -0.05) is 25.0 Å². The highest BCUT2D eigenvalue weighted by atomic mass is 32.2. The summed E-state index contributed by atoms with van der Waals surface area (Å²) in [5.41, 5.74) is 1.96. The van der Waals surface area contributed by atoms with Crippen molar-refractivity contribution in [1.29, 1.82) is 0 Å². The number of nitrogens with one attached hydrogen (secondary N) is 2. The van der Waals surface area contributed by atoms with Crippen molar-refractivity contribution < 1.29 is 13.2 Å². The number of H-pyrrole nitrogens is 1. The van der Waals surface area contributed by atoms with Gasteiger partial charge in [0.1, 0.15) is 5.82 Å². The molecule has 0 spiro atoms. The molecule has 0 bridgehead atoms. The third kappa shape index (κ3) is 4.81. The van der Waals surface area contributed by atoms with Gasteiger partial charge in [0.25, 0.3) is 0 Å². The molecule has 1 aromatic carbocycles. The SMILES string of the molecule is O=C(CCS(=O)(=O)C1CCCC1)NCCCc1nc2ccccc2[nH]1. The van der Waals surface area contributed by atoms with Gasteiger partial charge in [-0.3, -0.25) is 4.79 Å². The molecule has 3 rings (SSSR count). The molecule has 0 atom stereocenters. The molecule has 0 unspecified atom stereocenters. The Morgan fingerprint density at radius 2 is 2.00 bits per heavy atom. The first-order chi connectivity index (χ1) is 12.0. The van der Waals surface area contributed by atoms with E-state index in [0.717, 1.165) is 55.4 Å². The van der Waals surface area contributed by atoms with Crippen LogP contribution in [0.2, 0.25) is 0 Å². The molecule has 0 aliphatic heterocycles. The number of hydrogen-bond donors (Lipinski definition) is 2. The minimum Gasteiger partial charge on any atom is -0.356 e. The number of benzene rings is 1. The molecule has 1 saturated carbocycles. The van der Waals surface area contributed by atoms with Gasteiger partial charge >= 0.3 is 0 Å². The summed E-state index contributed by atoms with van der Waals surface area (Å²) in [6.45, 7) is 0.527. The largest absolute Gasteiger partial charge is 0.356 e. The van der Waals surface area contributed by atoms with Crippen LogP contribution in [0.1, 0.15) is 44.3 Å². The van der Waals surface area contributed by atoms with E-state index in [9.17, 15) is 13.2 Å². The normalized spacial score (nSPS) is 15.7. The van der Waals surface area contributed by atoms with Crippen LogP contribution in [0.25, 0.3) is 11.0 Å². The van der Waals surface area contributed by atoms with Gasteiger partial charge in [-0.2, -0.15) is 0 Å². The van der Waals surface area contributed by atoms with Gasteiger partial charge < -0.3 is 10.3 Å². The minimum atomic E-state index is -3.12. The number of aromatic nitrogens is 2. The topological polar surface area (TPSA) is 91.9 Å². The zero-order chi connectivity index (χ0) is 17.7. The first kappa shape index (κ1) is 17.9. The number of rotatable bonds is 8. The Balaban J connectivity index is 1.36. The average Bonchev–Trinajstić information content (AvgIpc) is 3.26. The summed E-state index contributed by atoms with van der Waals surface area (Å²) in [5, 5.41) is 2.58. The summed E-state index contributed by atoms with van der Waals surface area (Å²) in [4.78, 5) is 19.6. The molecule has 1 aliphatic carbocycles. The van der Waals surface area contributed by atoms with Crippen molar-refractivity contribution in [1.82, 2.24) is 15.3 Å². The molecule has 0 radical (unpaired) electrons. The number of aromatic amines is 1. The monoisotopic (exact) mass is 363 g/mol. The Bertz CT molecular complexity index is 790. The van der Waals surface area contributed by atoms with E-state index in [-0.39, 0.29) is 23.3 Å². The second kappa shape index (κ2) is 7.99. The van der Waals surface area contributed by atoms with Crippen molar-refractivity contribution in [2.75, 3.05) is 12.3 Å². The van der Waals surface area contributed by atoms with Gasteiger partial charge in [0, 0.05) is 19.4 Å². The Morgan fingerprint density at radius 3 is 2.76 bits per heavy atom. The summed E-state index contributed by atoms with van der Waals surface area (Å²) in [6, 6.07) is 7.86. The van der Waals surface area contributed by atoms with E-state index in [4.69, 9.17) is 0 Å². The van der Waals surface area contributed by atoms with E-state index in [1.165, 1.54) is 0 Å². The van der Waals surface area contributed by atoms with Gasteiger partial charge in [0.05, 0.1) is 22.0 Å². The van der Waals surface area contributed by atoms with Crippen LogP contribution in [-0.4, -0.2) is 41.8 Å². The summed E-state index contributed by atoms with van der Waals surface area (Å²) < 4.78 is 24.3. The highest BCUT2D eigenvalue weighted by Gasteiger charge is 2.28. The van der Waals surface area contributed by atoms with Gasteiger partial charge in [-0.05, 0) is 31.4 Å². The molecule has 1 amide bonds. The number of para-hydroxylation sites is 2. The first-order valence-corrected chi connectivity index (χ1v) is 10.7. The Hall–Kier alpha value is -1.89. The first-order valence-electron chi connectivity index (χ1n) is 8.96. The zero-order valence-corrected chi connectivity index (χ0v) is 15.1. The van der Waals surface area contributed by atoms with E-state index >= 15 is 0 Å². The van der Waals surface area contributed by atoms with Crippen LogP contribution in [0.15, 0.2) is 24.3 Å². The van der Waals surface area contributed by atoms with Gasteiger partial charge in [-0.25, -0.2) is 13.4 Å². The molecule has 25 heavy (non-hydrogen) atoms. The van der Waals surface area contributed by atoms with Crippen LogP contribution in [0, 0.1) is 0 Å². The maximum absolute atomic E-state index is 12.1. The minimum absolute atomic E-state index is 0.0346. The number of hydrogen-bond acceptors (Lipinski definition) is 4. The maximum Gasteiger partial charge on any atom is 0.221 e. The molecular formula is C18H25N3O3S. The number of imidazole rings is 1. The third-order valence-electron chi connectivity index (χ3n) is 4.77. The molecule has 1 heterocycles. The van der Waals surface area contributed by atoms with E-state index < -0.39 is 9.84 Å². The number of fused-ring (bicyclic) bond motifs is 1. The zero-order valence-electron chi connectivity index (χ0n) is 14.3. The Kier molecular flexibility index (Phi) is 5.73. The van der Waals surface area contributed by atoms with Crippen molar-refractivity contribution in [3.63, 3.8) is 0 Å². The van der Waals surface area contributed by atoms with Crippen LogP contribution in [0.4, 0.5) is 0 Å². The molecule has 7 heteroatoms. The lowest BCUT2D eigenvalue weighted by atomic mass is 10.3. The van der Waals surface area contributed by atoms with Gasteiger partial charge in [0.2, 0.25) is 5.91 Å². The number of carbonyl (C=O) groups excluding carboxylic acids is 1. The molecule has 1 fully saturated rings. The number of sulfone groups is 1. The standard InChI is InChI=1S/C18H25N3O3S/c22-18(11-13-25(23,24)14-6-1-2-7-14)19-12-5-10-17-20-15-8-3-4-9-16(15)21-17/h3-4,8-9,14H,1-2,5-7,10-13H2,(H,19,22)(H,20,21). The lowest BCUT2D eigenvalue weighted by molar-refractivity contribution is -0.120. The summed E-state index contributed by atoms with van der Waals surface area (Å²) >= 11 is 0. The van der Waals surface area contributed by atoms with E-state index in [1.54, 1.807) is 0 Å². The van der Waals surface area contributed by atoms with Crippen LogP contribution in [0.3, 0.4) is 0 Å². The smallest absolute Gasteiger partial charge is 0.221 e. The third-order valence-corrected chi connectivity index (χ3v) is 7.03. The molecule has 2 N–H and O–H groups in total. The van der Waals surface area contributed by atoms with Crippen LogP contribution >= 0.6 is 0 Å². The average molecular weight is 363 g/mol. The van der Waals surface area contributed by atoms with E-state index in [2.05, 4.69) is 15.3 Å². The van der Waals surface area contributed by atoms with Crippen molar-refractivity contribution in [2.24, 2.45) is 0 Å². The quantitative estimate of drug-likeness (QED) is 0.704. The number of amides is 1. The molecule has 1 aromatic heterocycles. The second-order valence-corrected chi connectivity index (χ2v) is 9.08. The molecule has 136 valence electrons. The molecule has 6 nitrogen and oxygen atoms in total. The highest BCUT2D eigenvalue weighted by molar-refractivity contribution is 7.92. The van der Waals surface area contributed by atoms with Crippen molar-refractivity contribution in [2.45, 2.75) is 50.2 Å². The van der Waals surface area contributed by atoms with E-state index in [0.29, 0.717) is 6.54 Å². The molecule has 1 aliphatic rings. The van der Waals surface area contributed by atoms with Crippen molar-refractivity contribution in [3.8, 4) is 0 Å². The second-order valence-electron chi connectivity index (χ2n) is 6.68. The van der Waals surface area contributed by atoms with Crippen molar-refractivity contribution >= 4 is 26.8 Å². The van der Waals surface area contributed by atoms with Crippen molar-refractivity contribution in [3.05, 3.63) is 30.1 Å². The lowest BCUT2D eigenvalue weighted by Gasteiger charge is -2.10. The fourth-order valence-corrected chi connectivity index (χ4v) is 5.20. The van der Waals surface area contributed by atoms with Crippen LogP contribution < -0.4 is 5.32 Å².